The SMILES string of the molecule is COC1CCN(C(=O)c2cnc(C)c(C)c2)C1. The Bertz CT molecular complexity index is 431. The Balaban J connectivity index is 2.12. The molecule has 1 aliphatic heterocycles. The molecule has 4 nitrogen and oxygen atoms in total. The van der Waals surface area contributed by atoms with Crippen molar-refractivity contribution >= 4 is 5.91 Å². The van der Waals surface area contributed by atoms with Crippen molar-refractivity contribution in [3.05, 3.63) is 29.1 Å². The standard InChI is InChI=1S/C13H18N2O2/c1-9-6-11(7-14-10(9)2)13(16)15-5-4-12(8-15)17-3/h6-7,12H,4-5,8H2,1-3H3. The van der Waals surface area contributed by atoms with Gasteiger partial charge < -0.3 is 9.64 Å². The van der Waals surface area contributed by atoms with Gasteiger partial charge in [-0.05, 0) is 31.9 Å². The van der Waals surface area contributed by atoms with Gasteiger partial charge in [0.2, 0.25) is 0 Å². The van der Waals surface area contributed by atoms with Crippen molar-refractivity contribution in [2.24, 2.45) is 0 Å². The van der Waals surface area contributed by atoms with E-state index >= 15 is 0 Å². The minimum Gasteiger partial charge on any atom is -0.380 e. The number of nitrogens with zero attached hydrogens (tertiary/aromatic N) is 2. The van der Waals surface area contributed by atoms with Crippen LogP contribution in [-0.4, -0.2) is 42.1 Å². The predicted octanol–water partition coefficient (Wildman–Crippen LogP) is 1.56. The van der Waals surface area contributed by atoms with Crippen molar-refractivity contribution in [2.45, 2.75) is 26.4 Å². The predicted molar refractivity (Wildman–Crippen MR) is 65.0 cm³/mol. The van der Waals surface area contributed by atoms with Crippen molar-refractivity contribution in [3.63, 3.8) is 0 Å². The summed E-state index contributed by atoms with van der Waals surface area (Å²) in [7, 11) is 1.69. The van der Waals surface area contributed by atoms with Crippen LogP contribution in [0.2, 0.25) is 0 Å². The molecule has 1 aromatic rings. The summed E-state index contributed by atoms with van der Waals surface area (Å²) in [6, 6.07) is 1.91. The van der Waals surface area contributed by atoms with Crippen LogP contribution in [0.5, 0.6) is 0 Å². The molecule has 2 heterocycles. The molecule has 0 bridgehead atoms. The van der Waals surface area contributed by atoms with Crippen molar-refractivity contribution < 1.29 is 9.53 Å². The van der Waals surface area contributed by atoms with Crippen LogP contribution in [0.4, 0.5) is 0 Å². The smallest absolute Gasteiger partial charge is 0.255 e. The van der Waals surface area contributed by atoms with Gasteiger partial charge in [0.05, 0.1) is 11.7 Å². The van der Waals surface area contributed by atoms with E-state index in [9.17, 15) is 4.79 Å². The van der Waals surface area contributed by atoms with E-state index in [1.54, 1.807) is 13.3 Å². The number of hydrogen-bond donors (Lipinski definition) is 0. The van der Waals surface area contributed by atoms with Gasteiger partial charge in [0.1, 0.15) is 0 Å². The highest BCUT2D eigenvalue weighted by Gasteiger charge is 2.26. The first kappa shape index (κ1) is 12.0. The molecule has 0 spiro atoms. The van der Waals surface area contributed by atoms with E-state index in [2.05, 4.69) is 4.98 Å². The Labute approximate surface area is 102 Å². The van der Waals surface area contributed by atoms with E-state index in [-0.39, 0.29) is 12.0 Å². The van der Waals surface area contributed by atoms with Gasteiger partial charge >= 0.3 is 0 Å². The third kappa shape index (κ3) is 2.47. The van der Waals surface area contributed by atoms with Gasteiger partial charge in [-0.2, -0.15) is 0 Å². The maximum Gasteiger partial charge on any atom is 0.255 e. The van der Waals surface area contributed by atoms with Gasteiger partial charge in [-0.15, -0.1) is 0 Å². The summed E-state index contributed by atoms with van der Waals surface area (Å²) in [5.41, 5.74) is 2.70. The average Bonchev–Trinajstić information content (AvgIpc) is 2.80. The normalized spacial score (nSPS) is 19.7. The fraction of sp³-hybridized carbons (Fsp3) is 0.538. The molecule has 92 valence electrons. The van der Waals surface area contributed by atoms with Gasteiger partial charge in [-0.3, -0.25) is 9.78 Å². The Morgan fingerprint density at radius 3 is 2.88 bits per heavy atom. The van der Waals surface area contributed by atoms with E-state index in [1.165, 1.54) is 0 Å². The van der Waals surface area contributed by atoms with Crippen LogP contribution >= 0.6 is 0 Å². The quantitative estimate of drug-likeness (QED) is 0.780. The number of ether oxygens (including phenoxy) is 1. The first-order valence-corrected chi connectivity index (χ1v) is 5.87. The first-order valence-electron chi connectivity index (χ1n) is 5.87. The number of likely N-dealkylation sites (tertiary alicyclic amines) is 1. The maximum absolute atomic E-state index is 12.2. The number of carbonyl (C=O) groups is 1. The number of rotatable bonds is 2. The van der Waals surface area contributed by atoms with Crippen molar-refractivity contribution in [1.82, 2.24) is 9.88 Å². The van der Waals surface area contributed by atoms with Gasteiger partial charge in [0.25, 0.3) is 5.91 Å². The number of pyridine rings is 1. The van der Waals surface area contributed by atoms with E-state index in [0.29, 0.717) is 12.1 Å². The zero-order chi connectivity index (χ0) is 12.4. The van der Waals surface area contributed by atoms with Crippen LogP contribution in [0.15, 0.2) is 12.3 Å². The third-order valence-electron chi connectivity index (χ3n) is 3.35. The number of methoxy groups -OCH3 is 1. The van der Waals surface area contributed by atoms with Crippen molar-refractivity contribution in [1.29, 1.82) is 0 Å². The van der Waals surface area contributed by atoms with Crippen LogP contribution in [0.1, 0.15) is 28.0 Å². The van der Waals surface area contributed by atoms with Crippen LogP contribution in [0, 0.1) is 13.8 Å². The molecule has 0 saturated carbocycles. The lowest BCUT2D eigenvalue weighted by Gasteiger charge is -2.16. The zero-order valence-electron chi connectivity index (χ0n) is 10.6. The summed E-state index contributed by atoms with van der Waals surface area (Å²) in [6.45, 7) is 5.37. The molecule has 1 unspecified atom stereocenters. The largest absolute Gasteiger partial charge is 0.380 e. The number of aryl methyl sites for hydroxylation is 2. The highest BCUT2D eigenvalue weighted by molar-refractivity contribution is 5.94. The van der Waals surface area contributed by atoms with Gasteiger partial charge in [-0.25, -0.2) is 0 Å². The molecule has 2 rings (SSSR count). The molecule has 1 aliphatic rings. The molecular formula is C13H18N2O2. The summed E-state index contributed by atoms with van der Waals surface area (Å²) < 4.78 is 5.26. The minimum atomic E-state index is 0.0557. The van der Waals surface area contributed by atoms with Gasteiger partial charge in [0.15, 0.2) is 0 Å². The van der Waals surface area contributed by atoms with Crippen LogP contribution in [-0.2, 0) is 4.74 Å². The molecular weight excluding hydrogens is 216 g/mol. The topological polar surface area (TPSA) is 42.4 Å². The molecule has 4 heteroatoms. The fourth-order valence-electron chi connectivity index (χ4n) is 2.05. The number of amides is 1. The van der Waals surface area contributed by atoms with Gasteiger partial charge in [-0.1, -0.05) is 0 Å². The number of hydrogen-bond acceptors (Lipinski definition) is 3. The molecule has 17 heavy (non-hydrogen) atoms. The summed E-state index contributed by atoms with van der Waals surface area (Å²) in [5.74, 6) is 0.0557. The Kier molecular flexibility index (Phi) is 3.43. The van der Waals surface area contributed by atoms with E-state index in [4.69, 9.17) is 4.74 Å². The summed E-state index contributed by atoms with van der Waals surface area (Å²) in [4.78, 5) is 18.3. The van der Waals surface area contributed by atoms with Crippen molar-refractivity contribution in [3.8, 4) is 0 Å². The molecule has 0 aliphatic carbocycles. The molecule has 1 atom stereocenters. The highest BCUT2D eigenvalue weighted by Crippen LogP contribution is 2.16. The summed E-state index contributed by atoms with van der Waals surface area (Å²) in [5, 5.41) is 0. The van der Waals surface area contributed by atoms with E-state index in [1.807, 2.05) is 24.8 Å². The summed E-state index contributed by atoms with van der Waals surface area (Å²) in [6.07, 6.45) is 2.75. The van der Waals surface area contributed by atoms with E-state index in [0.717, 1.165) is 24.2 Å². The molecule has 1 fully saturated rings. The van der Waals surface area contributed by atoms with Crippen molar-refractivity contribution in [2.75, 3.05) is 20.2 Å². The Morgan fingerprint density at radius 1 is 1.53 bits per heavy atom. The lowest BCUT2D eigenvalue weighted by Crippen LogP contribution is -2.30. The maximum atomic E-state index is 12.2. The first-order chi connectivity index (χ1) is 8.11. The second kappa shape index (κ2) is 4.84. The lowest BCUT2D eigenvalue weighted by molar-refractivity contribution is 0.0723. The van der Waals surface area contributed by atoms with Gasteiger partial charge in [0, 0.05) is 32.1 Å². The highest BCUT2D eigenvalue weighted by atomic mass is 16.5. The molecule has 0 radical (unpaired) electrons. The number of aromatic nitrogens is 1. The molecule has 1 saturated heterocycles. The Morgan fingerprint density at radius 2 is 2.29 bits per heavy atom. The monoisotopic (exact) mass is 234 g/mol. The molecule has 0 aromatic carbocycles. The van der Waals surface area contributed by atoms with Crippen LogP contribution < -0.4 is 0 Å². The van der Waals surface area contributed by atoms with Crippen LogP contribution in [0.3, 0.4) is 0 Å². The second-order valence-electron chi connectivity index (χ2n) is 4.52. The van der Waals surface area contributed by atoms with Crippen LogP contribution in [0.25, 0.3) is 0 Å². The zero-order valence-corrected chi connectivity index (χ0v) is 10.6. The fourth-order valence-corrected chi connectivity index (χ4v) is 2.05. The molecule has 1 amide bonds. The summed E-state index contributed by atoms with van der Waals surface area (Å²) >= 11 is 0. The lowest BCUT2D eigenvalue weighted by atomic mass is 10.1. The minimum absolute atomic E-state index is 0.0557. The molecule has 0 N–H and O–H groups in total. The average molecular weight is 234 g/mol. The van der Waals surface area contributed by atoms with E-state index < -0.39 is 0 Å². The number of carbonyl (C=O) groups excluding carboxylic acids is 1. The third-order valence-corrected chi connectivity index (χ3v) is 3.35. The Hall–Kier alpha value is -1.42. The molecule has 1 aromatic heterocycles. The second-order valence-corrected chi connectivity index (χ2v) is 4.52.